The standard InChI is InChI=1S/C14H15N3S/c1-9-13(11-8-18-14(15-2)16-11)10-6-4-5-7-12(10)17(9)3/h4-8H,1-3H3,(H,15,16). The molecule has 1 N–H and O–H groups in total. The number of benzene rings is 1. The van der Waals surface area contributed by atoms with Crippen molar-refractivity contribution in [2.75, 3.05) is 12.4 Å². The molecule has 2 heterocycles. The minimum absolute atomic E-state index is 0.956. The highest BCUT2D eigenvalue weighted by Gasteiger charge is 2.15. The summed E-state index contributed by atoms with van der Waals surface area (Å²) in [4.78, 5) is 4.62. The molecule has 0 aliphatic heterocycles. The van der Waals surface area contributed by atoms with Crippen molar-refractivity contribution in [1.82, 2.24) is 9.55 Å². The van der Waals surface area contributed by atoms with Gasteiger partial charge in [-0.2, -0.15) is 0 Å². The maximum absolute atomic E-state index is 4.62. The molecule has 4 heteroatoms. The Morgan fingerprint density at radius 3 is 2.78 bits per heavy atom. The average molecular weight is 257 g/mol. The Hall–Kier alpha value is -1.81. The topological polar surface area (TPSA) is 29.9 Å². The summed E-state index contributed by atoms with van der Waals surface area (Å²) in [7, 11) is 4.01. The Bertz CT molecular complexity index is 709. The predicted octanol–water partition coefficient (Wildman–Crippen LogP) is 3.65. The number of hydrogen-bond acceptors (Lipinski definition) is 3. The van der Waals surface area contributed by atoms with Crippen LogP contribution in [0.1, 0.15) is 5.69 Å². The molecule has 0 saturated heterocycles. The molecule has 0 spiro atoms. The van der Waals surface area contributed by atoms with Gasteiger partial charge in [0, 0.05) is 41.6 Å². The maximum atomic E-state index is 4.62. The molecule has 0 bridgehead atoms. The smallest absolute Gasteiger partial charge is 0.182 e. The molecule has 0 fully saturated rings. The highest BCUT2D eigenvalue weighted by molar-refractivity contribution is 7.14. The molecule has 0 atom stereocenters. The minimum atomic E-state index is 0.956. The van der Waals surface area contributed by atoms with Crippen LogP contribution in [0, 0.1) is 6.92 Å². The van der Waals surface area contributed by atoms with E-state index in [2.05, 4.69) is 58.5 Å². The first-order chi connectivity index (χ1) is 8.72. The van der Waals surface area contributed by atoms with Crippen molar-refractivity contribution in [3.8, 4) is 11.3 Å². The van der Waals surface area contributed by atoms with Crippen LogP contribution in [0.4, 0.5) is 5.13 Å². The highest BCUT2D eigenvalue weighted by Crippen LogP contribution is 2.35. The Morgan fingerprint density at radius 2 is 2.06 bits per heavy atom. The second-order valence-corrected chi connectivity index (χ2v) is 5.18. The van der Waals surface area contributed by atoms with Gasteiger partial charge in [0.05, 0.1) is 5.69 Å². The molecule has 18 heavy (non-hydrogen) atoms. The van der Waals surface area contributed by atoms with Crippen LogP contribution in [0.2, 0.25) is 0 Å². The van der Waals surface area contributed by atoms with Gasteiger partial charge in [-0.15, -0.1) is 11.3 Å². The molecule has 3 aromatic rings. The van der Waals surface area contributed by atoms with Crippen LogP contribution in [0.25, 0.3) is 22.2 Å². The molecule has 0 aliphatic rings. The molecule has 3 rings (SSSR count). The van der Waals surface area contributed by atoms with Gasteiger partial charge in [0.25, 0.3) is 0 Å². The summed E-state index contributed by atoms with van der Waals surface area (Å²) in [6.45, 7) is 2.15. The van der Waals surface area contributed by atoms with Crippen LogP contribution in [0.3, 0.4) is 0 Å². The van der Waals surface area contributed by atoms with Gasteiger partial charge in [-0.3, -0.25) is 0 Å². The number of fused-ring (bicyclic) bond motifs is 1. The van der Waals surface area contributed by atoms with Gasteiger partial charge in [-0.25, -0.2) is 4.98 Å². The molecule has 3 nitrogen and oxygen atoms in total. The van der Waals surface area contributed by atoms with E-state index in [1.54, 1.807) is 11.3 Å². The van der Waals surface area contributed by atoms with Crippen LogP contribution in [0.15, 0.2) is 29.6 Å². The second-order valence-electron chi connectivity index (χ2n) is 4.32. The fourth-order valence-corrected chi connectivity index (χ4v) is 3.01. The van der Waals surface area contributed by atoms with E-state index >= 15 is 0 Å². The third-order valence-corrected chi connectivity index (χ3v) is 4.23. The molecule has 2 aromatic heterocycles. The number of nitrogens with zero attached hydrogens (tertiary/aromatic N) is 2. The zero-order chi connectivity index (χ0) is 12.7. The first kappa shape index (κ1) is 11.3. The van der Waals surface area contributed by atoms with E-state index in [9.17, 15) is 0 Å². The largest absolute Gasteiger partial charge is 0.365 e. The molecule has 0 aliphatic carbocycles. The van der Waals surface area contributed by atoms with Gasteiger partial charge in [0.15, 0.2) is 5.13 Å². The number of para-hydroxylation sites is 1. The third kappa shape index (κ3) is 1.53. The third-order valence-electron chi connectivity index (χ3n) is 3.37. The fourth-order valence-electron chi connectivity index (χ4n) is 2.35. The lowest BCUT2D eigenvalue weighted by Crippen LogP contribution is -1.91. The summed E-state index contributed by atoms with van der Waals surface area (Å²) in [5.41, 5.74) is 4.80. The number of thiazole rings is 1. The lowest BCUT2D eigenvalue weighted by atomic mass is 10.1. The normalized spacial score (nSPS) is 11.1. The summed E-state index contributed by atoms with van der Waals surface area (Å²) < 4.78 is 2.23. The number of nitrogens with one attached hydrogen (secondary N) is 1. The van der Waals surface area contributed by atoms with Crippen molar-refractivity contribution < 1.29 is 0 Å². The number of hydrogen-bond donors (Lipinski definition) is 1. The molecular weight excluding hydrogens is 242 g/mol. The Labute approximate surface area is 110 Å². The van der Waals surface area contributed by atoms with E-state index in [-0.39, 0.29) is 0 Å². The van der Waals surface area contributed by atoms with Crippen molar-refractivity contribution in [2.45, 2.75) is 6.92 Å². The number of rotatable bonds is 2. The summed E-state index contributed by atoms with van der Waals surface area (Å²) in [6, 6.07) is 8.47. The Balaban J connectivity index is 2.31. The molecule has 0 saturated carbocycles. The van der Waals surface area contributed by atoms with Crippen LogP contribution in [-0.2, 0) is 7.05 Å². The fraction of sp³-hybridized carbons (Fsp3) is 0.214. The predicted molar refractivity (Wildman–Crippen MR) is 78.3 cm³/mol. The molecule has 92 valence electrons. The lowest BCUT2D eigenvalue weighted by molar-refractivity contribution is 0.919. The van der Waals surface area contributed by atoms with Gasteiger partial charge >= 0.3 is 0 Å². The number of aromatic nitrogens is 2. The zero-order valence-corrected chi connectivity index (χ0v) is 11.5. The van der Waals surface area contributed by atoms with E-state index < -0.39 is 0 Å². The van der Waals surface area contributed by atoms with Crippen LogP contribution in [-0.4, -0.2) is 16.6 Å². The first-order valence-corrected chi connectivity index (χ1v) is 6.78. The van der Waals surface area contributed by atoms with Crippen LogP contribution in [0.5, 0.6) is 0 Å². The second kappa shape index (κ2) is 4.14. The van der Waals surface area contributed by atoms with Gasteiger partial charge in [0.2, 0.25) is 0 Å². The van der Waals surface area contributed by atoms with E-state index in [1.807, 2.05) is 7.05 Å². The zero-order valence-electron chi connectivity index (χ0n) is 10.7. The van der Waals surface area contributed by atoms with Gasteiger partial charge < -0.3 is 9.88 Å². The van der Waals surface area contributed by atoms with Crippen LogP contribution < -0.4 is 5.32 Å². The minimum Gasteiger partial charge on any atom is -0.365 e. The average Bonchev–Trinajstić information content (AvgIpc) is 2.95. The van der Waals surface area contributed by atoms with Crippen molar-refractivity contribution in [3.05, 3.63) is 35.3 Å². The van der Waals surface area contributed by atoms with Crippen molar-refractivity contribution in [1.29, 1.82) is 0 Å². The molecule has 1 aromatic carbocycles. The number of anilines is 1. The van der Waals surface area contributed by atoms with Crippen LogP contribution >= 0.6 is 11.3 Å². The highest BCUT2D eigenvalue weighted by atomic mass is 32.1. The van der Waals surface area contributed by atoms with Gasteiger partial charge in [0.1, 0.15) is 0 Å². The lowest BCUT2D eigenvalue weighted by Gasteiger charge is -1.99. The number of aryl methyl sites for hydroxylation is 1. The quantitative estimate of drug-likeness (QED) is 0.759. The summed E-state index contributed by atoms with van der Waals surface area (Å²) >= 11 is 1.64. The van der Waals surface area contributed by atoms with Crippen molar-refractivity contribution >= 4 is 27.4 Å². The van der Waals surface area contributed by atoms with E-state index in [1.165, 1.54) is 22.2 Å². The molecule has 0 radical (unpaired) electrons. The van der Waals surface area contributed by atoms with Gasteiger partial charge in [-0.05, 0) is 13.0 Å². The molecule has 0 amide bonds. The monoisotopic (exact) mass is 257 g/mol. The Kier molecular flexibility index (Phi) is 2.59. The van der Waals surface area contributed by atoms with E-state index in [0.29, 0.717) is 0 Å². The van der Waals surface area contributed by atoms with E-state index in [4.69, 9.17) is 0 Å². The molecule has 0 unspecified atom stereocenters. The van der Waals surface area contributed by atoms with Crippen molar-refractivity contribution in [3.63, 3.8) is 0 Å². The summed E-state index contributed by atoms with van der Waals surface area (Å²) in [5, 5.41) is 7.43. The van der Waals surface area contributed by atoms with Gasteiger partial charge in [-0.1, -0.05) is 18.2 Å². The van der Waals surface area contributed by atoms with Crippen molar-refractivity contribution in [2.24, 2.45) is 7.05 Å². The maximum Gasteiger partial charge on any atom is 0.182 e. The Morgan fingerprint density at radius 1 is 1.28 bits per heavy atom. The SMILES string of the molecule is CNc1nc(-c2c(C)n(C)c3ccccc23)cs1. The van der Waals surface area contributed by atoms with E-state index in [0.717, 1.165) is 10.8 Å². The first-order valence-electron chi connectivity index (χ1n) is 5.90. The summed E-state index contributed by atoms with van der Waals surface area (Å²) in [6.07, 6.45) is 0. The summed E-state index contributed by atoms with van der Waals surface area (Å²) in [5.74, 6) is 0. The molecular formula is C14H15N3S.